The van der Waals surface area contributed by atoms with Crippen molar-refractivity contribution < 1.29 is 13.6 Å². The Kier molecular flexibility index (Phi) is 3.61. The summed E-state index contributed by atoms with van der Waals surface area (Å²) >= 11 is 0. The molecular weight excluding hydrogens is 238 g/mol. The molecule has 0 spiro atoms. The van der Waals surface area contributed by atoms with Crippen molar-refractivity contribution in [2.24, 2.45) is 5.73 Å². The molecule has 1 aromatic carbocycles. The Bertz CT molecular complexity index is 414. The summed E-state index contributed by atoms with van der Waals surface area (Å²) < 4.78 is 28.0. The van der Waals surface area contributed by atoms with Crippen LogP contribution in [0, 0.1) is 0 Å². The molecule has 0 unspecified atom stereocenters. The number of carbonyl (C=O) groups is 1. The van der Waals surface area contributed by atoms with Crippen LogP contribution in [0.2, 0.25) is 0 Å². The highest BCUT2D eigenvalue weighted by atomic mass is 19.3. The molecule has 1 aromatic rings. The maximum atomic E-state index is 14.0. The van der Waals surface area contributed by atoms with Crippen LogP contribution in [0.15, 0.2) is 30.3 Å². The van der Waals surface area contributed by atoms with Gasteiger partial charge in [-0.25, -0.2) is 0 Å². The Labute approximate surface area is 105 Å². The quantitative estimate of drug-likeness (QED) is 0.873. The van der Waals surface area contributed by atoms with Crippen molar-refractivity contribution in [1.82, 2.24) is 4.90 Å². The molecule has 1 fully saturated rings. The standard InChI is InChI=1S/C13H16F2N2O/c14-13(15,10-4-2-1-3-5-10)12(18)17-8-6-11(16)7-9-17/h1-5,11H,6-9,16H2. The first kappa shape index (κ1) is 13.0. The van der Waals surface area contributed by atoms with E-state index in [1.54, 1.807) is 6.07 Å². The number of alkyl halides is 2. The molecule has 5 heteroatoms. The second kappa shape index (κ2) is 5.02. The van der Waals surface area contributed by atoms with Crippen LogP contribution in [0.4, 0.5) is 8.78 Å². The number of amides is 1. The molecule has 0 saturated carbocycles. The number of piperidine rings is 1. The molecule has 0 radical (unpaired) electrons. The van der Waals surface area contributed by atoms with Crippen LogP contribution in [0.1, 0.15) is 18.4 Å². The fourth-order valence-electron chi connectivity index (χ4n) is 2.07. The minimum absolute atomic E-state index is 0.0133. The van der Waals surface area contributed by atoms with E-state index in [0.717, 1.165) is 0 Å². The van der Waals surface area contributed by atoms with E-state index in [-0.39, 0.29) is 11.6 Å². The molecular formula is C13H16F2N2O. The summed E-state index contributed by atoms with van der Waals surface area (Å²) in [6.45, 7) is 0.616. The number of nitrogens with zero attached hydrogens (tertiary/aromatic N) is 1. The molecule has 0 atom stereocenters. The van der Waals surface area contributed by atoms with Gasteiger partial charge in [-0.3, -0.25) is 4.79 Å². The van der Waals surface area contributed by atoms with Crippen molar-refractivity contribution >= 4 is 5.91 Å². The molecule has 1 aliphatic rings. The average Bonchev–Trinajstić information content (AvgIpc) is 2.40. The van der Waals surface area contributed by atoms with E-state index in [0.29, 0.717) is 25.9 Å². The van der Waals surface area contributed by atoms with Crippen molar-refractivity contribution in [3.63, 3.8) is 0 Å². The predicted molar refractivity (Wildman–Crippen MR) is 64.1 cm³/mol. The molecule has 0 bridgehead atoms. The van der Waals surface area contributed by atoms with Crippen molar-refractivity contribution in [3.05, 3.63) is 35.9 Å². The Morgan fingerprint density at radius 1 is 1.22 bits per heavy atom. The van der Waals surface area contributed by atoms with Gasteiger partial charge in [-0.15, -0.1) is 0 Å². The molecule has 1 heterocycles. The fraction of sp³-hybridized carbons (Fsp3) is 0.462. The maximum absolute atomic E-state index is 14.0. The molecule has 0 aliphatic carbocycles. The number of carbonyl (C=O) groups excluding carboxylic acids is 1. The van der Waals surface area contributed by atoms with Gasteiger partial charge in [0.1, 0.15) is 0 Å². The number of nitrogens with two attached hydrogens (primary N) is 1. The number of rotatable bonds is 2. The molecule has 1 saturated heterocycles. The van der Waals surface area contributed by atoms with Crippen molar-refractivity contribution in [2.45, 2.75) is 24.8 Å². The second-order valence-electron chi connectivity index (χ2n) is 4.57. The third kappa shape index (κ3) is 2.51. The van der Waals surface area contributed by atoms with Gasteiger partial charge in [0, 0.05) is 24.7 Å². The summed E-state index contributed by atoms with van der Waals surface area (Å²) in [5.41, 5.74) is 5.43. The zero-order valence-electron chi connectivity index (χ0n) is 9.98. The van der Waals surface area contributed by atoms with Gasteiger partial charge in [-0.1, -0.05) is 30.3 Å². The first-order chi connectivity index (χ1) is 8.51. The van der Waals surface area contributed by atoms with Crippen LogP contribution >= 0.6 is 0 Å². The third-order valence-electron chi connectivity index (χ3n) is 3.23. The topological polar surface area (TPSA) is 46.3 Å². The number of likely N-dealkylation sites (tertiary alicyclic amines) is 1. The van der Waals surface area contributed by atoms with Crippen molar-refractivity contribution in [2.75, 3.05) is 13.1 Å². The summed E-state index contributed by atoms with van der Waals surface area (Å²) in [7, 11) is 0. The van der Waals surface area contributed by atoms with E-state index in [4.69, 9.17) is 5.73 Å². The molecule has 1 amide bonds. The van der Waals surface area contributed by atoms with Gasteiger partial charge in [0.15, 0.2) is 0 Å². The number of hydrogen-bond acceptors (Lipinski definition) is 2. The van der Waals surface area contributed by atoms with Crippen LogP contribution in [0.3, 0.4) is 0 Å². The lowest BCUT2D eigenvalue weighted by Gasteiger charge is -2.32. The van der Waals surface area contributed by atoms with Gasteiger partial charge in [0.2, 0.25) is 0 Å². The Balaban J connectivity index is 2.13. The fourth-order valence-corrected chi connectivity index (χ4v) is 2.07. The number of halogens is 2. The zero-order valence-corrected chi connectivity index (χ0v) is 9.98. The molecule has 2 rings (SSSR count). The Hall–Kier alpha value is -1.49. The normalized spacial score (nSPS) is 17.8. The molecule has 18 heavy (non-hydrogen) atoms. The van der Waals surface area contributed by atoms with E-state index >= 15 is 0 Å². The van der Waals surface area contributed by atoms with Crippen LogP contribution in [-0.2, 0) is 10.7 Å². The van der Waals surface area contributed by atoms with Gasteiger partial charge in [0.05, 0.1) is 0 Å². The van der Waals surface area contributed by atoms with Crippen molar-refractivity contribution in [1.29, 1.82) is 0 Å². The lowest BCUT2D eigenvalue weighted by atomic mass is 10.0. The van der Waals surface area contributed by atoms with Crippen LogP contribution < -0.4 is 5.73 Å². The molecule has 1 aliphatic heterocycles. The van der Waals surface area contributed by atoms with Crippen LogP contribution in [-0.4, -0.2) is 29.9 Å². The monoisotopic (exact) mass is 254 g/mol. The Morgan fingerprint density at radius 2 is 1.78 bits per heavy atom. The van der Waals surface area contributed by atoms with E-state index in [1.807, 2.05) is 0 Å². The first-order valence-electron chi connectivity index (χ1n) is 6.00. The van der Waals surface area contributed by atoms with E-state index in [9.17, 15) is 13.6 Å². The van der Waals surface area contributed by atoms with Crippen LogP contribution in [0.25, 0.3) is 0 Å². The lowest BCUT2D eigenvalue weighted by molar-refractivity contribution is -0.160. The summed E-state index contributed by atoms with van der Waals surface area (Å²) in [4.78, 5) is 13.1. The second-order valence-corrected chi connectivity index (χ2v) is 4.57. The summed E-state index contributed by atoms with van der Waals surface area (Å²) in [6, 6.07) is 7.20. The minimum Gasteiger partial charge on any atom is -0.337 e. The highest BCUT2D eigenvalue weighted by molar-refractivity contribution is 5.85. The third-order valence-corrected chi connectivity index (χ3v) is 3.23. The number of hydrogen-bond donors (Lipinski definition) is 1. The van der Waals surface area contributed by atoms with Gasteiger partial charge >= 0.3 is 5.92 Å². The number of benzene rings is 1. The predicted octanol–water partition coefficient (Wildman–Crippen LogP) is 1.73. The molecule has 2 N–H and O–H groups in total. The largest absolute Gasteiger partial charge is 0.349 e. The highest BCUT2D eigenvalue weighted by Crippen LogP contribution is 2.30. The maximum Gasteiger partial charge on any atom is 0.349 e. The van der Waals surface area contributed by atoms with Crippen LogP contribution in [0.5, 0.6) is 0 Å². The van der Waals surface area contributed by atoms with E-state index < -0.39 is 11.8 Å². The van der Waals surface area contributed by atoms with Gasteiger partial charge in [-0.05, 0) is 12.8 Å². The average molecular weight is 254 g/mol. The minimum atomic E-state index is -3.46. The highest BCUT2D eigenvalue weighted by Gasteiger charge is 2.44. The van der Waals surface area contributed by atoms with E-state index in [1.165, 1.54) is 29.2 Å². The van der Waals surface area contributed by atoms with Gasteiger partial charge < -0.3 is 10.6 Å². The van der Waals surface area contributed by atoms with Gasteiger partial charge in [-0.2, -0.15) is 8.78 Å². The summed E-state index contributed by atoms with van der Waals surface area (Å²) in [6.07, 6.45) is 1.16. The van der Waals surface area contributed by atoms with Gasteiger partial charge in [0.25, 0.3) is 5.91 Å². The molecule has 0 aromatic heterocycles. The first-order valence-corrected chi connectivity index (χ1v) is 6.00. The lowest BCUT2D eigenvalue weighted by Crippen LogP contribution is -2.48. The molecule has 3 nitrogen and oxygen atoms in total. The summed E-state index contributed by atoms with van der Waals surface area (Å²) in [5.74, 6) is -4.58. The Morgan fingerprint density at radius 3 is 2.33 bits per heavy atom. The zero-order chi connectivity index (χ0) is 13.2. The van der Waals surface area contributed by atoms with E-state index in [2.05, 4.69) is 0 Å². The molecule has 98 valence electrons. The van der Waals surface area contributed by atoms with Crippen molar-refractivity contribution in [3.8, 4) is 0 Å². The SMILES string of the molecule is NC1CCN(C(=O)C(F)(F)c2ccccc2)CC1. The smallest absolute Gasteiger partial charge is 0.337 e. The summed E-state index contributed by atoms with van der Waals surface area (Å²) in [5, 5.41) is 0.